The van der Waals surface area contributed by atoms with Gasteiger partial charge in [-0.3, -0.25) is 14.4 Å². The van der Waals surface area contributed by atoms with Crippen molar-refractivity contribution < 1.29 is 43.7 Å². The lowest BCUT2D eigenvalue weighted by atomic mass is 9.44. The van der Waals surface area contributed by atoms with Crippen LogP contribution in [0.2, 0.25) is 0 Å². The number of carboxylic acid groups (broad SMARTS) is 1. The Balaban J connectivity index is 1.55. The molecule has 9 nitrogen and oxygen atoms in total. The largest absolute Gasteiger partial charge is 0.478 e. The molecule has 0 bridgehead atoms. The summed E-state index contributed by atoms with van der Waals surface area (Å²) in [6.45, 7) is 6.61. The summed E-state index contributed by atoms with van der Waals surface area (Å²) in [6, 6.07) is 5.41. The van der Waals surface area contributed by atoms with Crippen LogP contribution in [-0.2, 0) is 23.9 Å². The minimum atomic E-state index is -1.70. The molecule has 4 aliphatic rings. The lowest BCUT2D eigenvalue weighted by Crippen LogP contribution is -2.63. The Morgan fingerprint density at radius 3 is 2.51 bits per heavy atom. The molecule has 4 aliphatic carbocycles. The molecule has 0 unspecified atom stereocenters. The van der Waals surface area contributed by atoms with Gasteiger partial charge in [-0.1, -0.05) is 38.5 Å². The van der Waals surface area contributed by atoms with E-state index >= 15 is 0 Å². The summed E-state index contributed by atoms with van der Waals surface area (Å²) in [4.78, 5) is 62.9. The molecule has 1 aromatic carbocycles. The maximum Gasteiger partial charge on any atom is 0.339 e. The van der Waals surface area contributed by atoms with Gasteiger partial charge in [-0.2, -0.15) is 0 Å². The van der Waals surface area contributed by atoms with Crippen LogP contribution < -0.4 is 0 Å². The molecule has 9 heteroatoms. The molecule has 3 fully saturated rings. The van der Waals surface area contributed by atoms with Crippen molar-refractivity contribution in [3.8, 4) is 0 Å². The number of benzene rings is 1. The van der Waals surface area contributed by atoms with E-state index in [1.165, 1.54) is 31.2 Å². The van der Waals surface area contributed by atoms with Crippen LogP contribution in [-0.4, -0.2) is 58.0 Å². The highest BCUT2D eigenvalue weighted by Gasteiger charge is 2.71. The Hall–Kier alpha value is -3.59. The summed E-state index contributed by atoms with van der Waals surface area (Å²) in [5.74, 6) is -3.61. The summed E-state index contributed by atoms with van der Waals surface area (Å²) >= 11 is 0. The van der Waals surface area contributed by atoms with Crippen LogP contribution in [0.5, 0.6) is 0 Å². The van der Waals surface area contributed by atoms with Crippen molar-refractivity contribution in [1.29, 1.82) is 0 Å². The van der Waals surface area contributed by atoms with Gasteiger partial charge >= 0.3 is 17.9 Å². The third-order valence-corrected chi connectivity index (χ3v) is 10.4. The average Bonchev–Trinajstić information content (AvgIpc) is 3.20. The zero-order chi connectivity index (χ0) is 29.9. The molecule has 218 valence electrons. The van der Waals surface area contributed by atoms with Gasteiger partial charge in [0.2, 0.25) is 5.78 Å². The number of aromatic carboxylic acids is 1. The summed E-state index contributed by atoms with van der Waals surface area (Å²) in [5.41, 5.74) is -2.33. The second-order valence-corrected chi connectivity index (χ2v) is 12.6. The molecule has 3 saturated carbocycles. The SMILES string of the molecule is CC(=O)OCC(=O)[C@@]1(OC(=O)c2cccc(C(=O)O)c2)CC[C@H]2[C@@H]3C[C@H](C)C4=CC(=O)C=C[C@]4(C)[C@H]3[C@@H](O)C[C@@]21C. The molecular formula is C32H36O9. The Bertz CT molecular complexity index is 1390. The predicted octanol–water partition coefficient (Wildman–Crippen LogP) is 3.94. The number of esters is 2. The number of aliphatic hydroxyl groups excluding tert-OH is 1. The van der Waals surface area contributed by atoms with Gasteiger partial charge < -0.3 is 19.7 Å². The molecule has 1 aromatic rings. The van der Waals surface area contributed by atoms with Crippen LogP contribution >= 0.6 is 0 Å². The molecule has 0 radical (unpaired) electrons. The van der Waals surface area contributed by atoms with Crippen LogP contribution in [0.15, 0.2) is 48.1 Å². The van der Waals surface area contributed by atoms with E-state index in [-0.39, 0.29) is 53.4 Å². The third kappa shape index (κ3) is 4.45. The summed E-state index contributed by atoms with van der Waals surface area (Å²) in [5, 5.41) is 21.2. The Morgan fingerprint density at radius 1 is 1.12 bits per heavy atom. The first kappa shape index (κ1) is 28.9. The first-order valence-electron chi connectivity index (χ1n) is 14.1. The third-order valence-electron chi connectivity index (χ3n) is 10.4. The number of allylic oxidation sites excluding steroid dienone is 4. The summed E-state index contributed by atoms with van der Waals surface area (Å²) in [6.07, 6.45) is 5.88. The predicted molar refractivity (Wildman–Crippen MR) is 146 cm³/mol. The van der Waals surface area contributed by atoms with E-state index in [9.17, 15) is 34.2 Å². The Kier molecular flexibility index (Phi) is 7.09. The highest BCUT2D eigenvalue weighted by molar-refractivity contribution is 6.01. The molecule has 2 N–H and O–H groups in total. The van der Waals surface area contributed by atoms with Gasteiger partial charge in [-0.25, -0.2) is 9.59 Å². The first-order valence-corrected chi connectivity index (χ1v) is 14.1. The molecule has 8 atom stereocenters. The van der Waals surface area contributed by atoms with E-state index in [1.54, 1.807) is 12.2 Å². The van der Waals surface area contributed by atoms with E-state index in [2.05, 4.69) is 13.8 Å². The highest BCUT2D eigenvalue weighted by atomic mass is 16.6. The van der Waals surface area contributed by atoms with E-state index in [4.69, 9.17) is 9.47 Å². The number of hydrogen-bond acceptors (Lipinski definition) is 8. The van der Waals surface area contributed by atoms with Crippen LogP contribution in [0, 0.1) is 34.5 Å². The number of fused-ring (bicyclic) bond motifs is 5. The summed E-state index contributed by atoms with van der Waals surface area (Å²) in [7, 11) is 0. The number of carbonyl (C=O) groups is 5. The number of carbonyl (C=O) groups excluding carboxylic acids is 4. The quantitative estimate of drug-likeness (QED) is 0.491. The number of ketones is 2. The first-order chi connectivity index (χ1) is 19.2. The van der Waals surface area contributed by atoms with E-state index in [1.807, 2.05) is 13.0 Å². The number of aliphatic hydroxyl groups is 1. The molecular weight excluding hydrogens is 528 g/mol. The van der Waals surface area contributed by atoms with Gasteiger partial charge in [-0.15, -0.1) is 0 Å². The number of Topliss-reactive ketones (excluding diaryl/α,β-unsaturated/α-hetero) is 1. The maximum atomic E-state index is 13.9. The molecule has 5 rings (SSSR count). The molecule has 0 heterocycles. The molecule has 41 heavy (non-hydrogen) atoms. The monoisotopic (exact) mass is 564 g/mol. The van der Waals surface area contributed by atoms with Gasteiger partial charge in [0.1, 0.15) is 0 Å². The van der Waals surface area contributed by atoms with E-state index in [0.717, 1.165) is 5.57 Å². The normalized spacial score (nSPS) is 37.2. The lowest BCUT2D eigenvalue weighted by molar-refractivity contribution is -0.183. The van der Waals surface area contributed by atoms with Crippen LogP contribution in [0.25, 0.3) is 0 Å². The van der Waals surface area contributed by atoms with Crippen LogP contribution in [0.4, 0.5) is 0 Å². The number of carboxylic acids is 1. The van der Waals surface area contributed by atoms with Crippen molar-refractivity contribution in [2.45, 2.75) is 65.1 Å². The van der Waals surface area contributed by atoms with Crippen molar-refractivity contribution in [2.24, 2.45) is 34.5 Å². The van der Waals surface area contributed by atoms with E-state index < -0.39 is 52.8 Å². The Morgan fingerprint density at radius 2 is 1.83 bits per heavy atom. The standard InChI is InChI=1S/C32H36O9/c1-17-12-22-23-9-11-32(26(36)16-40-18(2)33,41-29(39)20-7-5-6-19(13-20)28(37)38)31(23,4)15-25(35)27(22)30(3)10-8-21(34)14-24(17)30/h5-8,10,13-14,17,22-23,25,27,35H,9,11-12,15-16H2,1-4H3,(H,37,38)/t17-,22-,23-,25-,27+,30-,31-,32-/m0/s1. The van der Waals surface area contributed by atoms with Crippen LogP contribution in [0.1, 0.15) is 74.1 Å². The van der Waals surface area contributed by atoms with Crippen molar-refractivity contribution in [3.63, 3.8) is 0 Å². The van der Waals surface area contributed by atoms with Crippen molar-refractivity contribution in [3.05, 3.63) is 59.2 Å². The minimum Gasteiger partial charge on any atom is -0.478 e. The molecule has 0 aliphatic heterocycles. The minimum absolute atomic E-state index is 0.0172. The summed E-state index contributed by atoms with van der Waals surface area (Å²) < 4.78 is 11.2. The second kappa shape index (κ2) is 10.0. The molecule has 0 spiro atoms. The lowest BCUT2D eigenvalue weighted by Gasteiger charge is -2.61. The maximum absolute atomic E-state index is 13.9. The zero-order valence-electron chi connectivity index (χ0n) is 23.7. The van der Waals surface area contributed by atoms with Crippen LogP contribution in [0.3, 0.4) is 0 Å². The fourth-order valence-electron chi connectivity index (χ4n) is 8.70. The fourth-order valence-corrected chi connectivity index (χ4v) is 8.70. The van der Waals surface area contributed by atoms with Gasteiger partial charge in [0, 0.05) is 23.7 Å². The van der Waals surface area contributed by atoms with Crippen molar-refractivity contribution in [1.82, 2.24) is 0 Å². The van der Waals surface area contributed by atoms with Gasteiger partial charge in [-0.05, 0) is 73.8 Å². The highest BCUT2D eigenvalue weighted by Crippen LogP contribution is 2.68. The number of ether oxygens (including phenoxy) is 2. The zero-order valence-corrected chi connectivity index (χ0v) is 23.7. The number of rotatable bonds is 6. The smallest absolute Gasteiger partial charge is 0.339 e. The van der Waals surface area contributed by atoms with E-state index in [0.29, 0.717) is 12.8 Å². The molecule has 0 saturated heterocycles. The van der Waals surface area contributed by atoms with Gasteiger partial charge in [0.15, 0.2) is 18.0 Å². The molecule has 0 aromatic heterocycles. The second-order valence-electron chi connectivity index (χ2n) is 12.6. The van der Waals surface area contributed by atoms with Gasteiger partial charge in [0.05, 0.1) is 17.2 Å². The van der Waals surface area contributed by atoms with Gasteiger partial charge in [0.25, 0.3) is 0 Å². The topological polar surface area (TPSA) is 144 Å². The average molecular weight is 565 g/mol. The molecule has 0 amide bonds. The fraction of sp³-hybridized carbons (Fsp3) is 0.531. The Labute approximate surface area is 238 Å². The van der Waals surface area contributed by atoms with Crippen molar-refractivity contribution >= 4 is 29.5 Å². The van der Waals surface area contributed by atoms with Crippen molar-refractivity contribution in [2.75, 3.05) is 6.61 Å². The number of hydrogen-bond donors (Lipinski definition) is 2.